The van der Waals surface area contributed by atoms with Crippen LogP contribution < -0.4 is 5.32 Å². The van der Waals surface area contributed by atoms with Gasteiger partial charge < -0.3 is 19.7 Å². The van der Waals surface area contributed by atoms with Crippen molar-refractivity contribution >= 4 is 18.2 Å². The van der Waals surface area contributed by atoms with Gasteiger partial charge in [-0.05, 0) is 32.6 Å². The fourth-order valence-corrected chi connectivity index (χ4v) is 3.46. The summed E-state index contributed by atoms with van der Waals surface area (Å²) in [5, 5.41) is 2.95. The van der Waals surface area contributed by atoms with Crippen LogP contribution in [0.15, 0.2) is 0 Å². The maximum atomic E-state index is 13.0. The number of carbonyl (C=O) groups excluding carboxylic acids is 3. The number of fused-ring (bicyclic) bond motifs is 1. The summed E-state index contributed by atoms with van der Waals surface area (Å²) in [5.41, 5.74) is 1.27. The van der Waals surface area contributed by atoms with E-state index in [1.807, 2.05) is 18.4 Å². The number of rotatable bonds is 5. The van der Waals surface area contributed by atoms with Crippen molar-refractivity contribution in [2.45, 2.75) is 52.1 Å². The Hall–Kier alpha value is -2.38. The summed E-state index contributed by atoms with van der Waals surface area (Å²) in [7, 11) is 0. The zero-order chi connectivity index (χ0) is 18.7. The zero-order valence-corrected chi connectivity index (χ0v) is 15.5. The third-order valence-corrected chi connectivity index (χ3v) is 5.26. The van der Waals surface area contributed by atoms with Gasteiger partial charge in [-0.15, -0.1) is 0 Å². The molecule has 2 aliphatic heterocycles. The van der Waals surface area contributed by atoms with Crippen LogP contribution in [0.4, 0.5) is 0 Å². The smallest absolute Gasteiger partial charge is 0.287 e. The van der Waals surface area contributed by atoms with Crippen LogP contribution >= 0.6 is 0 Å². The molecule has 2 aliphatic rings. The van der Waals surface area contributed by atoms with Crippen LogP contribution in [0.5, 0.6) is 0 Å². The summed E-state index contributed by atoms with van der Waals surface area (Å²) in [6, 6.07) is 0.0645. The van der Waals surface area contributed by atoms with Crippen molar-refractivity contribution in [2.75, 3.05) is 26.2 Å². The van der Waals surface area contributed by atoms with Crippen molar-refractivity contribution in [1.82, 2.24) is 24.7 Å². The third-order valence-electron chi connectivity index (χ3n) is 5.26. The predicted octanol–water partition coefficient (Wildman–Crippen LogP) is 0.662. The molecule has 1 unspecified atom stereocenters. The van der Waals surface area contributed by atoms with E-state index in [9.17, 15) is 14.4 Å². The summed E-state index contributed by atoms with van der Waals surface area (Å²) in [6.07, 6.45) is 4.40. The second-order valence-corrected chi connectivity index (χ2v) is 7.06. The van der Waals surface area contributed by atoms with Gasteiger partial charge in [-0.3, -0.25) is 14.4 Å². The van der Waals surface area contributed by atoms with Crippen molar-refractivity contribution in [3.05, 3.63) is 17.2 Å². The van der Waals surface area contributed by atoms with E-state index >= 15 is 0 Å². The summed E-state index contributed by atoms with van der Waals surface area (Å²) >= 11 is 0. The van der Waals surface area contributed by atoms with Crippen LogP contribution in [0.2, 0.25) is 0 Å². The first-order chi connectivity index (χ1) is 12.5. The molecule has 142 valence electrons. The summed E-state index contributed by atoms with van der Waals surface area (Å²) < 4.78 is 1.91. The van der Waals surface area contributed by atoms with E-state index in [0.717, 1.165) is 44.3 Å². The number of carbonyl (C=O) groups is 3. The van der Waals surface area contributed by atoms with Gasteiger partial charge in [-0.2, -0.15) is 0 Å². The number of nitrogens with zero attached hydrogens (tertiary/aromatic N) is 4. The topological polar surface area (TPSA) is 87.5 Å². The number of hydrogen-bond acceptors (Lipinski definition) is 4. The van der Waals surface area contributed by atoms with Crippen molar-refractivity contribution in [3.63, 3.8) is 0 Å². The van der Waals surface area contributed by atoms with Crippen molar-refractivity contribution in [2.24, 2.45) is 0 Å². The maximum Gasteiger partial charge on any atom is 0.287 e. The van der Waals surface area contributed by atoms with E-state index in [4.69, 9.17) is 0 Å². The molecule has 0 aliphatic carbocycles. The summed E-state index contributed by atoms with van der Waals surface area (Å²) in [5.74, 6) is -0.00834. The van der Waals surface area contributed by atoms with Gasteiger partial charge in [-0.1, -0.05) is 6.92 Å². The first kappa shape index (κ1) is 18.4. The molecule has 1 aromatic rings. The Labute approximate surface area is 153 Å². The van der Waals surface area contributed by atoms with E-state index in [1.54, 1.807) is 9.80 Å². The number of piperazine rings is 1. The van der Waals surface area contributed by atoms with Gasteiger partial charge >= 0.3 is 0 Å². The molecule has 26 heavy (non-hydrogen) atoms. The number of hydrogen-bond donors (Lipinski definition) is 1. The fraction of sp³-hybridized carbons (Fsp3) is 0.667. The van der Waals surface area contributed by atoms with Crippen molar-refractivity contribution in [1.29, 1.82) is 0 Å². The molecule has 8 heteroatoms. The normalized spacial score (nSPS) is 18.2. The van der Waals surface area contributed by atoms with Crippen molar-refractivity contribution in [3.8, 4) is 0 Å². The highest BCUT2D eigenvalue weighted by Crippen LogP contribution is 2.23. The van der Waals surface area contributed by atoms with Gasteiger partial charge in [0.2, 0.25) is 6.41 Å². The molecule has 1 fully saturated rings. The molecule has 1 aromatic heterocycles. The lowest BCUT2D eigenvalue weighted by Crippen LogP contribution is -2.48. The maximum absolute atomic E-state index is 13.0. The molecule has 3 amide bonds. The lowest BCUT2D eigenvalue weighted by Gasteiger charge is -2.32. The molecule has 1 atom stereocenters. The highest BCUT2D eigenvalue weighted by molar-refractivity contribution is 5.97. The molecule has 0 saturated carbocycles. The standard InChI is InChI=1S/C18H27N5O3/c1-3-13(2)19-17(25)16-20-15(14-6-4-5-7-23(14)16)18(26)22-10-8-21(12-24)9-11-22/h12-13H,3-11H2,1-2H3,(H,19,25). The van der Waals surface area contributed by atoms with E-state index in [1.165, 1.54) is 0 Å². The molecule has 0 radical (unpaired) electrons. The second-order valence-electron chi connectivity index (χ2n) is 7.06. The zero-order valence-electron chi connectivity index (χ0n) is 15.5. The largest absolute Gasteiger partial charge is 0.347 e. The monoisotopic (exact) mass is 361 g/mol. The number of nitrogens with one attached hydrogen (secondary N) is 1. The Morgan fingerprint density at radius 2 is 1.92 bits per heavy atom. The first-order valence-corrected chi connectivity index (χ1v) is 9.44. The summed E-state index contributed by atoms with van der Waals surface area (Å²) in [4.78, 5) is 44.3. The lowest BCUT2D eigenvalue weighted by atomic mass is 10.1. The minimum atomic E-state index is -0.215. The molecule has 0 aromatic carbocycles. The molecular formula is C18H27N5O3. The molecule has 8 nitrogen and oxygen atoms in total. The minimum absolute atomic E-state index is 0.0645. The van der Waals surface area contributed by atoms with Crippen LogP contribution in [0.25, 0.3) is 0 Å². The van der Waals surface area contributed by atoms with E-state index in [2.05, 4.69) is 10.3 Å². The minimum Gasteiger partial charge on any atom is -0.347 e. The Kier molecular flexibility index (Phi) is 5.58. The molecule has 0 spiro atoms. The van der Waals surface area contributed by atoms with E-state index in [0.29, 0.717) is 37.7 Å². The first-order valence-electron chi connectivity index (χ1n) is 9.44. The van der Waals surface area contributed by atoms with Gasteiger partial charge in [0, 0.05) is 38.8 Å². The predicted molar refractivity (Wildman–Crippen MR) is 95.9 cm³/mol. The van der Waals surface area contributed by atoms with Crippen molar-refractivity contribution < 1.29 is 14.4 Å². The second kappa shape index (κ2) is 7.88. The molecule has 1 N–H and O–H groups in total. The Bertz CT molecular complexity index is 691. The molecule has 3 heterocycles. The van der Waals surface area contributed by atoms with Crippen LogP contribution in [0.3, 0.4) is 0 Å². The number of aromatic nitrogens is 2. The third kappa shape index (κ3) is 3.59. The van der Waals surface area contributed by atoms with Crippen LogP contribution in [0, 0.1) is 0 Å². The Morgan fingerprint density at radius 1 is 1.19 bits per heavy atom. The molecule has 1 saturated heterocycles. The van der Waals surface area contributed by atoms with Crippen LogP contribution in [-0.4, -0.2) is 69.8 Å². The Balaban J connectivity index is 1.84. The lowest BCUT2D eigenvalue weighted by molar-refractivity contribution is -0.119. The number of amides is 3. The highest BCUT2D eigenvalue weighted by atomic mass is 16.2. The van der Waals surface area contributed by atoms with Crippen LogP contribution in [0.1, 0.15) is 59.9 Å². The summed E-state index contributed by atoms with van der Waals surface area (Å²) in [6.45, 7) is 6.75. The van der Waals surface area contributed by atoms with Gasteiger partial charge in [0.05, 0.1) is 5.69 Å². The molecule has 3 rings (SSSR count). The van der Waals surface area contributed by atoms with Gasteiger partial charge in [0.1, 0.15) is 5.69 Å². The molecular weight excluding hydrogens is 334 g/mol. The van der Waals surface area contributed by atoms with Gasteiger partial charge in [-0.25, -0.2) is 4.98 Å². The molecule has 0 bridgehead atoms. The fourth-order valence-electron chi connectivity index (χ4n) is 3.46. The van der Waals surface area contributed by atoms with Crippen LogP contribution in [-0.2, 0) is 17.8 Å². The highest BCUT2D eigenvalue weighted by Gasteiger charge is 2.31. The SMILES string of the molecule is CCC(C)NC(=O)c1nc(C(=O)N2CCN(C=O)CC2)c2n1CCCC2. The quantitative estimate of drug-likeness (QED) is 0.781. The van der Waals surface area contributed by atoms with E-state index in [-0.39, 0.29) is 17.9 Å². The van der Waals surface area contributed by atoms with E-state index < -0.39 is 0 Å². The average molecular weight is 361 g/mol. The van der Waals surface area contributed by atoms with Gasteiger partial charge in [0.15, 0.2) is 5.82 Å². The van der Waals surface area contributed by atoms with Gasteiger partial charge in [0.25, 0.3) is 11.8 Å². The average Bonchev–Trinajstić information content (AvgIpc) is 3.07. The Morgan fingerprint density at radius 3 is 2.58 bits per heavy atom. The number of imidazole rings is 1.